The number of hydrogen-bond donors (Lipinski definition) is 1. The third kappa shape index (κ3) is 2.90. The van der Waals surface area contributed by atoms with Gasteiger partial charge in [-0.25, -0.2) is 0 Å². The number of methoxy groups -OCH3 is 1. The molecule has 0 saturated carbocycles. The summed E-state index contributed by atoms with van der Waals surface area (Å²) in [6.45, 7) is 2.66. The largest absolute Gasteiger partial charge is 0.493 e. The lowest BCUT2D eigenvalue weighted by molar-refractivity contribution is -0.123. The number of fused-ring (bicyclic) bond motifs is 1. The zero-order valence-corrected chi connectivity index (χ0v) is 12.1. The number of carbonyl (C=O) groups excluding carboxylic acids is 1. The standard InChI is InChI=1S/C15H20N2O4/c1-19-12-5-10(6-13-14(12)21-9-20-13)7-17-4-2-3-11(8-17)15(16)18/h5-6,11H,2-4,7-9H2,1H3,(H2,16,18)/t11-/m0/s1. The summed E-state index contributed by atoms with van der Waals surface area (Å²) < 4.78 is 16.2. The number of nitrogens with two attached hydrogens (primary N) is 1. The fraction of sp³-hybridized carbons (Fsp3) is 0.533. The summed E-state index contributed by atoms with van der Waals surface area (Å²) in [4.78, 5) is 13.6. The van der Waals surface area contributed by atoms with E-state index in [9.17, 15) is 4.79 Å². The van der Waals surface area contributed by atoms with Gasteiger partial charge in [-0.1, -0.05) is 0 Å². The van der Waals surface area contributed by atoms with Gasteiger partial charge in [-0.3, -0.25) is 9.69 Å². The van der Waals surface area contributed by atoms with Crippen LogP contribution in [0.4, 0.5) is 0 Å². The smallest absolute Gasteiger partial charge is 0.231 e. The zero-order valence-electron chi connectivity index (χ0n) is 12.1. The van der Waals surface area contributed by atoms with Crippen molar-refractivity contribution in [3.63, 3.8) is 0 Å². The van der Waals surface area contributed by atoms with Crippen LogP contribution in [0.5, 0.6) is 17.2 Å². The summed E-state index contributed by atoms with van der Waals surface area (Å²) in [6, 6.07) is 3.93. The molecule has 0 aromatic heterocycles. The summed E-state index contributed by atoms with van der Waals surface area (Å²) >= 11 is 0. The second-order valence-electron chi connectivity index (χ2n) is 5.51. The third-order valence-electron chi connectivity index (χ3n) is 4.03. The molecule has 1 aromatic carbocycles. The first-order chi connectivity index (χ1) is 10.2. The summed E-state index contributed by atoms with van der Waals surface area (Å²) in [6.07, 6.45) is 1.88. The number of rotatable bonds is 4. The van der Waals surface area contributed by atoms with Crippen molar-refractivity contribution in [1.29, 1.82) is 0 Å². The number of piperidine rings is 1. The molecule has 3 rings (SSSR count). The van der Waals surface area contributed by atoms with E-state index in [-0.39, 0.29) is 18.6 Å². The lowest BCUT2D eigenvalue weighted by Crippen LogP contribution is -2.40. The molecule has 0 aliphatic carbocycles. The van der Waals surface area contributed by atoms with E-state index >= 15 is 0 Å². The van der Waals surface area contributed by atoms with E-state index in [0.29, 0.717) is 23.8 Å². The summed E-state index contributed by atoms with van der Waals surface area (Å²) in [7, 11) is 1.62. The van der Waals surface area contributed by atoms with E-state index in [2.05, 4.69) is 4.90 Å². The van der Waals surface area contributed by atoms with Gasteiger partial charge >= 0.3 is 0 Å². The average molecular weight is 292 g/mol. The first-order valence-electron chi connectivity index (χ1n) is 7.15. The fourth-order valence-corrected chi connectivity index (χ4v) is 2.96. The van der Waals surface area contributed by atoms with E-state index in [0.717, 1.165) is 31.5 Å². The highest BCUT2D eigenvalue weighted by molar-refractivity contribution is 5.76. The molecule has 2 heterocycles. The van der Waals surface area contributed by atoms with Crippen LogP contribution in [0.25, 0.3) is 0 Å². The Bertz CT molecular complexity index is 547. The molecular formula is C15H20N2O4. The van der Waals surface area contributed by atoms with E-state index in [4.69, 9.17) is 19.9 Å². The van der Waals surface area contributed by atoms with Crippen molar-refractivity contribution in [2.45, 2.75) is 19.4 Å². The molecular weight excluding hydrogens is 272 g/mol. The van der Waals surface area contributed by atoms with Crippen LogP contribution in [0.2, 0.25) is 0 Å². The minimum atomic E-state index is -0.206. The van der Waals surface area contributed by atoms with Crippen LogP contribution in [-0.4, -0.2) is 37.8 Å². The minimum absolute atomic E-state index is 0.0466. The second kappa shape index (κ2) is 5.81. The van der Waals surface area contributed by atoms with E-state index in [1.54, 1.807) is 7.11 Å². The van der Waals surface area contributed by atoms with E-state index in [1.165, 1.54) is 0 Å². The molecule has 1 aromatic rings. The van der Waals surface area contributed by atoms with Gasteiger partial charge in [-0.05, 0) is 37.1 Å². The molecule has 1 amide bonds. The van der Waals surface area contributed by atoms with Gasteiger partial charge in [0.1, 0.15) is 0 Å². The summed E-state index contributed by atoms with van der Waals surface area (Å²) in [5.41, 5.74) is 6.50. The van der Waals surface area contributed by atoms with Crippen molar-refractivity contribution < 1.29 is 19.0 Å². The van der Waals surface area contributed by atoms with E-state index in [1.807, 2.05) is 12.1 Å². The normalized spacial score (nSPS) is 21.3. The molecule has 2 N–H and O–H groups in total. The Labute approximate surface area is 123 Å². The van der Waals surface area contributed by atoms with Gasteiger partial charge < -0.3 is 19.9 Å². The molecule has 2 aliphatic rings. The molecule has 1 saturated heterocycles. The number of benzene rings is 1. The number of hydrogen-bond acceptors (Lipinski definition) is 5. The molecule has 0 spiro atoms. The quantitative estimate of drug-likeness (QED) is 0.900. The van der Waals surface area contributed by atoms with Crippen LogP contribution in [0, 0.1) is 5.92 Å². The molecule has 21 heavy (non-hydrogen) atoms. The number of carbonyl (C=O) groups is 1. The molecule has 0 unspecified atom stereocenters. The summed E-state index contributed by atoms with van der Waals surface area (Å²) in [5.74, 6) is 1.81. The fourth-order valence-electron chi connectivity index (χ4n) is 2.96. The van der Waals surface area contributed by atoms with Crippen molar-refractivity contribution in [3.05, 3.63) is 17.7 Å². The van der Waals surface area contributed by atoms with Crippen LogP contribution in [0.1, 0.15) is 18.4 Å². The lowest BCUT2D eigenvalue weighted by atomic mass is 9.97. The maximum absolute atomic E-state index is 11.3. The maximum Gasteiger partial charge on any atom is 0.231 e. The van der Waals surface area contributed by atoms with Crippen molar-refractivity contribution >= 4 is 5.91 Å². The molecule has 0 radical (unpaired) electrons. The Morgan fingerprint density at radius 3 is 3.10 bits per heavy atom. The number of likely N-dealkylation sites (tertiary alicyclic amines) is 1. The monoisotopic (exact) mass is 292 g/mol. The maximum atomic E-state index is 11.3. The predicted molar refractivity (Wildman–Crippen MR) is 76.3 cm³/mol. The van der Waals surface area contributed by atoms with Crippen LogP contribution in [0.3, 0.4) is 0 Å². The Hall–Kier alpha value is -1.95. The van der Waals surface area contributed by atoms with Gasteiger partial charge in [-0.15, -0.1) is 0 Å². The van der Waals surface area contributed by atoms with Gasteiger partial charge in [0.15, 0.2) is 11.5 Å². The van der Waals surface area contributed by atoms with Gasteiger partial charge in [-0.2, -0.15) is 0 Å². The molecule has 6 nitrogen and oxygen atoms in total. The molecule has 0 bridgehead atoms. The molecule has 2 aliphatic heterocycles. The van der Waals surface area contributed by atoms with Crippen LogP contribution in [-0.2, 0) is 11.3 Å². The number of primary amides is 1. The SMILES string of the molecule is COc1cc(CN2CCC[C@H](C(N)=O)C2)cc2c1OCO2. The highest BCUT2D eigenvalue weighted by Crippen LogP contribution is 2.42. The minimum Gasteiger partial charge on any atom is -0.493 e. The van der Waals surface area contributed by atoms with E-state index < -0.39 is 0 Å². The van der Waals surface area contributed by atoms with Crippen molar-refractivity contribution in [2.24, 2.45) is 11.7 Å². The first kappa shape index (κ1) is 14.0. The number of nitrogens with zero attached hydrogens (tertiary/aromatic N) is 1. The molecule has 1 atom stereocenters. The predicted octanol–water partition coefficient (Wildman–Crippen LogP) is 1.12. The Morgan fingerprint density at radius 1 is 1.48 bits per heavy atom. The van der Waals surface area contributed by atoms with Gasteiger partial charge in [0, 0.05) is 13.1 Å². The van der Waals surface area contributed by atoms with Crippen LogP contribution < -0.4 is 19.9 Å². The summed E-state index contributed by atoms with van der Waals surface area (Å²) in [5, 5.41) is 0. The molecule has 1 fully saturated rings. The third-order valence-corrected chi connectivity index (χ3v) is 4.03. The Kier molecular flexibility index (Phi) is 3.88. The van der Waals surface area contributed by atoms with Crippen molar-refractivity contribution in [3.8, 4) is 17.2 Å². The van der Waals surface area contributed by atoms with Crippen LogP contribution >= 0.6 is 0 Å². The Balaban J connectivity index is 1.74. The molecule has 6 heteroatoms. The van der Waals surface area contributed by atoms with Gasteiger partial charge in [0.2, 0.25) is 18.4 Å². The van der Waals surface area contributed by atoms with Gasteiger partial charge in [0.05, 0.1) is 13.0 Å². The Morgan fingerprint density at radius 2 is 2.33 bits per heavy atom. The zero-order chi connectivity index (χ0) is 14.8. The topological polar surface area (TPSA) is 74.0 Å². The highest BCUT2D eigenvalue weighted by Gasteiger charge is 2.25. The molecule has 114 valence electrons. The van der Waals surface area contributed by atoms with Crippen LogP contribution in [0.15, 0.2) is 12.1 Å². The number of amides is 1. The van der Waals surface area contributed by atoms with Crippen molar-refractivity contribution in [2.75, 3.05) is 27.0 Å². The highest BCUT2D eigenvalue weighted by atomic mass is 16.7. The van der Waals surface area contributed by atoms with Gasteiger partial charge in [0.25, 0.3) is 0 Å². The first-order valence-corrected chi connectivity index (χ1v) is 7.15. The second-order valence-corrected chi connectivity index (χ2v) is 5.51. The number of ether oxygens (including phenoxy) is 3. The average Bonchev–Trinajstić information content (AvgIpc) is 2.95. The van der Waals surface area contributed by atoms with Crippen molar-refractivity contribution in [1.82, 2.24) is 4.90 Å². The lowest BCUT2D eigenvalue weighted by Gasteiger charge is -2.31.